The molecule has 0 aromatic heterocycles. The van der Waals surface area contributed by atoms with Crippen molar-refractivity contribution in [3.05, 3.63) is 89.5 Å². The summed E-state index contributed by atoms with van der Waals surface area (Å²) >= 11 is 0. The summed E-state index contributed by atoms with van der Waals surface area (Å²) in [5.74, 6) is 0.577. The average Bonchev–Trinajstić information content (AvgIpc) is 2.92. The van der Waals surface area contributed by atoms with Crippen molar-refractivity contribution in [2.75, 3.05) is 19.0 Å². The van der Waals surface area contributed by atoms with E-state index in [0.717, 1.165) is 12.2 Å². The molecule has 37 heavy (non-hydrogen) atoms. The number of nitrogens with zero attached hydrogens (tertiary/aromatic N) is 1. The highest BCUT2D eigenvalue weighted by atomic mass is 16.5. The number of rotatable bonds is 10. The Morgan fingerprint density at radius 2 is 1.49 bits per heavy atom. The van der Waals surface area contributed by atoms with Crippen LogP contribution in [0.15, 0.2) is 78.4 Å². The highest BCUT2D eigenvalue weighted by molar-refractivity contribution is 6.00. The van der Waals surface area contributed by atoms with Gasteiger partial charge in [-0.3, -0.25) is 4.79 Å². The van der Waals surface area contributed by atoms with Gasteiger partial charge in [0, 0.05) is 5.69 Å². The van der Waals surface area contributed by atoms with Crippen LogP contribution in [-0.2, 0) is 19.7 Å². The first-order chi connectivity index (χ1) is 17.7. The molecule has 0 aliphatic carbocycles. The SMILES string of the molecule is CCC(C)(C)c1ccc(Oc2ccc(NC(=O)COC(=O)C(C#N)=Cc3ccc(OC)cc3)cc2)cc1. The van der Waals surface area contributed by atoms with E-state index in [1.807, 2.05) is 12.1 Å². The number of hydrogen-bond donors (Lipinski definition) is 1. The molecule has 0 aliphatic rings. The molecule has 0 atom stereocenters. The van der Waals surface area contributed by atoms with E-state index in [-0.39, 0.29) is 11.0 Å². The number of anilines is 1. The first-order valence-corrected chi connectivity index (χ1v) is 11.9. The van der Waals surface area contributed by atoms with Crippen molar-refractivity contribution in [1.29, 1.82) is 5.26 Å². The molecule has 0 radical (unpaired) electrons. The molecule has 190 valence electrons. The fourth-order valence-corrected chi connectivity index (χ4v) is 3.33. The van der Waals surface area contributed by atoms with Gasteiger partial charge < -0.3 is 19.5 Å². The van der Waals surface area contributed by atoms with Gasteiger partial charge in [-0.05, 0) is 77.6 Å². The van der Waals surface area contributed by atoms with Gasteiger partial charge in [-0.25, -0.2) is 4.79 Å². The molecule has 0 fully saturated rings. The Hall–Kier alpha value is -4.57. The number of hydrogen-bond acceptors (Lipinski definition) is 6. The second-order valence-electron chi connectivity index (χ2n) is 8.96. The zero-order valence-electron chi connectivity index (χ0n) is 21.4. The number of carbonyl (C=O) groups excluding carboxylic acids is 2. The van der Waals surface area contributed by atoms with E-state index in [1.54, 1.807) is 61.7 Å². The summed E-state index contributed by atoms with van der Waals surface area (Å²) in [6.07, 6.45) is 2.43. The number of ether oxygens (including phenoxy) is 3. The Balaban J connectivity index is 1.51. The lowest BCUT2D eigenvalue weighted by Gasteiger charge is -2.23. The second-order valence-corrected chi connectivity index (χ2v) is 8.96. The normalized spacial score (nSPS) is 11.3. The fourth-order valence-electron chi connectivity index (χ4n) is 3.33. The molecule has 0 spiro atoms. The minimum atomic E-state index is -0.884. The molecular formula is C30H30N2O5. The predicted octanol–water partition coefficient (Wildman–Crippen LogP) is 6.26. The maximum Gasteiger partial charge on any atom is 0.349 e. The zero-order chi connectivity index (χ0) is 26.8. The fraction of sp³-hybridized carbons (Fsp3) is 0.233. The standard InChI is InChI=1S/C30H30N2O5/c1-5-30(2,3)23-8-14-26(15-9-23)37-27-16-10-24(11-17-27)32-28(33)20-36-29(34)22(19-31)18-21-6-12-25(35-4)13-7-21/h6-18H,5,20H2,1-4H3,(H,32,33). The number of nitrogens with one attached hydrogen (secondary N) is 1. The van der Waals surface area contributed by atoms with Crippen LogP contribution < -0.4 is 14.8 Å². The Kier molecular flexibility index (Phi) is 9.06. The summed E-state index contributed by atoms with van der Waals surface area (Å²) in [6.45, 7) is 6.05. The van der Waals surface area contributed by atoms with Crippen LogP contribution >= 0.6 is 0 Å². The van der Waals surface area contributed by atoms with E-state index in [9.17, 15) is 14.9 Å². The molecular weight excluding hydrogens is 468 g/mol. The second kappa shape index (κ2) is 12.4. The van der Waals surface area contributed by atoms with Gasteiger partial charge in [-0.2, -0.15) is 5.26 Å². The topological polar surface area (TPSA) is 97.6 Å². The van der Waals surface area contributed by atoms with Crippen LogP contribution in [0.2, 0.25) is 0 Å². The van der Waals surface area contributed by atoms with Crippen molar-refractivity contribution in [3.63, 3.8) is 0 Å². The summed E-state index contributed by atoms with van der Waals surface area (Å²) in [4.78, 5) is 24.5. The number of amides is 1. The van der Waals surface area contributed by atoms with Gasteiger partial charge in [-0.1, -0.05) is 45.0 Å². The predicted molar refractivity (Wildman–Crippen MR) is 142 cm³/mol. The van der Waals surface area contributed by atoms with Crippen molar-refractivity contribution < 1.29 is 23.8 Å². The number of benzene rings is 3. The van der Waals surface area contributed by atoms with E-state index in [2.05, 4.69) is 38.2 Å². The molecule has 7 nitrogen and oxygen atoms in total. The third kappa shape index (κ3) is 7.71. The molecule has 0 bridgehead atoms. The van der Waals surface area contributed by atoms with E-state index >= 15 is 0 Å². The van der Waals surface area contributed by atoms with Crippen LogP contribution in [0.25, 0.3) is 6.08 Å². The van der Waals surface area contributed by atoms with Crippen LogP contribution in [0.1, 0.15) is 38.3 Å². The van der Waals surface area contributed by atoms with Crippen molar-refractivity contribution in [1.82, 2.24) is 0 Å². The summed E-state index contributed by atoms with van der Waals surface area (Å²) < 4.78 is 16.0. The van der Waals surface area contributed by atoms with Crippen LogP contribution in [-0.4, -0.2) is 25.6 Å². The Bertz CT molecular complexity index is 1290. The summed E-state index contributed by atoms with van der Waals surface area (Å²) in [6, 6.07) is 23.5. The van der Waals surface area contributed by atoms with Gasteiger partial charge in [0.1, 0.15) is 28.9 Å². The van der Waals surface area contributed by atoms with Crippen molar-refractivity contribution >= 4 is 23.6 Å². The first-order valence-electron chi connectivity index (χ1n) is 11.9. The van der Waals surface area contributed by atoms with Crippen molar-refractivity contribution in [3.8, 4) is 23.3 Å². The summed E-state index contributed by atoms with van der Waals surface area (Å²) in [5, 5.41) is 11.9. The maximum atomic E-state index is 12.2. The molecule has 0 saturated heterocycles. The molecule has 3 rings (SSSR count). The van der Waals surface area contributed by atoms with Crippen LogP contribution in [0.3, 0.4) is 0 Å². The van der Waals surface area contributed by atoms with Gasteiger partial charge in [0.15, 0.2) is 6.61 Å². The third-order valence-electron chi connectivity index (χ3n) is 5.99. The van der Waals surface area contributed by atoms with Crippen molar-refractivity contribution in [2.24, 2.45) is 0 Å². The molecule has 1 amide bonds. The monoisotopic (exact) mass is 498 g/mol. The average molecular weight is 499 g/mol. The van der Waals surface area contributed by atoms with Gasteiger partial charge in [0.2, 0.25) is 0 Å². The Morgan fingerprint density at radius 1 is 0.919 bits per heavy atom. The van der Waals surface area contributed by atoms with Crippen molar-refractivity contribution in [2.45, 2.75) is 32.6 Å². The molecule has 0 heterocycles. The van der Waals surface area contributed by atoms with Crippen LogP contribution in [0.5, 0.6) is 17.2 Å². The Labute approximate surface area is 217 Å². The number of methoxy groups -OCH3 is 1. The third-order valence-corrected chi connectivity index (χ3v) is 5.99. The van der Waals surface area contributed by atoms with Crippen LogP contribution in [0, 0.1) is 11.3 Å². The van der Waals surface area contributed by atoms with E-state index < -0.39 is 18.5 Å². The highest BCUT2D eigenvalue weighted by Gasteiger charge is 2.17. The number of esters is 1. The van der Waals surface area contributed by atoms with Gasteiger partial charge in [0.05, 0.1) is 7.11 Å². The molecule has 3 aromatic carbocycles. The molecule has 1 N–H and O–H groups in total. The maximum absolute atomic E-state index is 12.2. The van der Waals surface area contributed by atoms with Crippen LogP contribution in [0.4, 0.5) is 5.69 Å². The number of nitriles is 1. The lowest BCUT2D eigenvalue weighted by atomic mass is 9.82. The van der Waals surface area contributed by atoms with Gasteiger partial charge in [0.25, 0.3) is 5.91 Å². The van der Waals surface area contributed by atoms with E-state index in [0.29, 0.717) is 22.7 Å². The summed E-state index contributed by atoms with van der Waals surface area (Å²) in [7, 11) is 1.55. The van der Waals surface area contributed by atoms with E-state index in [1.165, 1.54) is 11.6 Å². The molecule has 3 aromatic rings. The smallest absolute Gasteiger partial charge is 0.349 e. The molecule has 0 saturated carbocycles. The first kappa shape index (κ1) is 27.0. The van der Waals surface area contributed by atoms with Gasteiger partial charge in [-0.15, -0.1) is 0 Å². The lowest BCUT2D eigenvalue weighted by Crippen LogP contribution is -2.21. The Morgan fingerprint density at radius 3 is 2.03 bits per heavy atom. The number of carbonyl (C=O) groups is 2. The molecule has 7 heteroatoms. The lowest BCUT2D eigenvalue weighted by molar-refractivity contribution is -0.142. The quantitative estimate of drug-likeness (QED) is 0.201. The largest absolute Gasteiger partial charge is 0.497 e. The minimum Gasteiger partial charge on any atom is -0.497 e. The van der Waals surface area contributed by atoms with Gasteiger partial charge >= 0.3 is 5.97 Å². The van der Waals surface area contributed by atoms with E-state index in [4.69, 9.17) is 14.2 Å². The highest BCUT2D eigenvalue weighted by Crippen LogP contribution is 2.30. The zero-order valence-corrected chi connectivity index (χ0v) is 21.4. The molecule has 0 unspecified atom stereocenters. The molecule has 0 aliphatic heterocycles. The minimum absolute atomic E-state index is 0.107. The summed E-state index contributed by atoms with van der Waals surface area (Å²) in [5.41, 5.74) is 2.28.